The van der Waals surface area contributed by atoms with Crippen LogP contribution in [-0.4, -0.2) is 39.5 Å². The van der Waals surface area contributed by atoms with Gasteiger partial charge in [-0.1, -0.05) is 0 Å². The Balaban J connectivity index is 1.51. The Labute approximate surface area is 217 Å². The molecule has 0 amide bonds. The fourth-order valence-electron chi connectivity index (χ4n) is 4.58. The SMILES string of the molecule is c1cc[c]([Sn]([CH2]c2ccccc2[CH2][Sn]([c]2ccccc2)[c]2ccccc2)[c]2ccccc2)cc1. The molecule has 0 fully saturated rings. The Morgan fingerprint density at radius 1 is 0.294 bits per heavy atom. The van der Waals surface area contributed by atoms with Gasteiger partial charge in [-0.3, -0.25) is 0 Å². The summed E-state index contributed by atoms with van der Waals surface area (Å²) in [4.78, 5) is 0. The summed E-state index contributed by atoms with van der Waals surface area (Å²) in [6.45, 7) is 0. The molecule has 0 bridgehead atoms. The molecule has 0 N–H and O–H groups in total. The molecule has 0 aliphatic carbocycles. The van der Waals surface area contributed by atoms with Gasteiger partial charge in [-0.15, -0.1) is 0 Å². The van der Waals surface area contributed by atoms with Crippen LogP contribution in [0.2, 0.25) is 0 Å². The fraction of sp³-hybridized carbons (Fsp3) is 0.0625. The first-order valence-electron chi connectivity index (χ1n) is 11.9. The first-order valence-corrected chi connectivity index (χ1v) is 21.6. The third-order valence-electron chi connectivity index (χ3n) is 6.34. The van der Waals surface area contributed by atoms with Gasteiger partial charge >= 0.3 is 219 Å². The summed E-state index contributed by atoms with van der Waals surface area (Å²) < 4.78 is 8.75. The van der Waals surface area contributed by atoms with Gasteiger partial charge in [0.15, 0.2) is 0 Å². The van der Waals surface area contributed by atoms with Crippen molar-refractivity contribution in [2.45, 2.75) is 8.87 Å². The molecule has 5 aromatic rings. The predicted octanol–water partition coefficient (Wildman–Crippen LogP) is 4.47. The van der Waals surface area contributed by atoms with Gasteiger partial charge in [-0.2, -0.15) is 0 Å². The van der Waals surface area contributed by atoms with Crippen LogP contribution in [0.25, 0.3) is 0 Å². The van der Waals surface area contributed by atoms with E-state index < -0.39 is 39.5 Å². The summed E-state index contributed by atoms with van der Waals surface area (Å²) in [5, 5.41) is 0. The Bertz CT molecular complexity index is 1100. The first-order chi connectivity index (χ1) is 16.9. The van der Waals surface area contributed by atoms with E-state index in [1.54, 1.807) is 25.4 Å². The average molecular weight is 650 g/mol. The van der Waals surface area contributed by atoms with Crippen molar-refractivity contribution in [3.63, 3.8) is 0 Å². The van der Waals surface area contributed by atoms with Gasteiger partial charge in [0.1, 0.15) is 0 Å². The van der Waals surface area contributed by atoms with Crippen LogP contribution in [0.5, 0.6) is 0 Å². The van der Waals surface area contributed by atoms with E-state index in [0.717, 1.165) is 0 Å². The van der Waals surface area contributed by atoms with Crippen LogP contribution >= 0.6 is 0 Å². The monoisotopic (exact) mass is 652 g/mol. The second kappa shape index (κ2) is 11.9. The average Bonchev–Trinajstić information content (AvgIpc) is 2.93. The summed E-state index contributed by atoms with van der Waals surface area (Å²) in [5.41, 5.74) is 3.13. The molecule has 0 unspecified atom stereocenters. The number of rotatable bonds is 8. The summed E-state index contributed by atoms with van der Waals surface area (Å²) in [6.07, 6.45) is 0. The van der Waals surface area contributed by atoms with Crippen molar-refractivity contribution in [3.05, 3.63) is 157 Å². The van der Waals surface area contributed by atoms with Crippen molar-refractivity contribution in [2.24, 2.45) is 0 Å². The van der Waals surface area contributed by atoms with Gasteiger partial charge in [-0.05, 0) is 0 Å². The topological polar surface area (TPSA) is 0 Å². The molecule has 0 atom stereocenters. The predicted molar refractivity (Wildman–Crippen MR) is 150 cm³/mol. The van der Waals surface area contributed by atoms with Crippen molar-refractivity contribution in [1.29, 1.82) is 0 Å². The quantitative estimate of drug-likeness (QED) is 0.218. The minimum absolute atomic E-state index is 1.21. The van der Waals surface area contributed by atoms with E-state index in [9.17, 15) is 0 Å². The molecule has 0 nitrogen and oxygen atoms in total. The van der Waals surface area contributed by atoms with Crippen molar-refractivity contribution in [1.82, 2.24) is 0 Å². The van der Waals surface area contributed by atoms with Crippen LogP contribution in [0, 0.1) is 0 Å². The molecule has 0 aliphatic heterocycles. The standard InChI is InChI=1S/C8H8.4C6H5.2Sn/c1-7-5-3-4-6-8(7)2;4*1-2-4-6-5-3-1;;/h3-6H,1-2H2;4*1-5H;;. The molecule has 5 rings (SSSR count). The minimum atomic E-state index is -2.09. The summed E-state index contributed by atoms with van der Waals surface area (Å²) in [7, 11) is 0. The second-order valence-corrected chi connectivity index (χ2v) is 22.6. The number of benzene rings is 5. The van der Waals surface area contributed by atoms with Gasteiger partial charge in [0, 0.05) is 0 Å². The van der Waals surface area contributed by atoms with E-state index in [1.165, 1.54) is 8.87 Å². The Kier molecular flexibility index (Phi) is 8.20. The zero-order chi connectivity index (χ0) is 23.0. The molecule has 2 heteroatoms. The van der Waals surface area contributed by atoms with E-state index in [2.05, 4.69) is 146 Å². The molecule has 0 aliphatic rings. The van der Waals surface area contributed by atoms with Crippen molar-refractivity contribution in [2.75, 3.05) is 0 Å². The normalized spacial score (nSPS) is 11.1. The molecule has 0 saturated carbocycles. The molecule has 0 saturated heterocycles. The van der Waals surface area contributed by atoms with Crippen LogP contribution in [0.3, 0.4) is 0 Å². The maximum absolute atomic E-state index is 2.40. The van der Waals surface area contributed by atoms with Gasteiger partial charge in [-0.25, -0.2) is 0 Å². The third kappa shape index (κ3) is 5.84. The summed E-state index contributed by atoms with van der Waals surface area (Å²) in [5.74, 6) is 0. The van der Waals surface area contributed by atoms with E-state index in [4.69, 9.17) is 0 Å². The van der Waals surface area contributed by atoms with Crippen LogP contribution in [-0.2, 0) is 8.87 Å². The van der Waals surface area contributed by atoms with E-state index >= 15 is 0 Å². The van der Waals surface area contributed by atoms with Gasteiger partial charge in [0.05, 0.1) is 0 Å². The molecule has 0 aromatic heterocycles. The molecule has 2 radical (unpaired) electrons. The summed E-state index contributed by atoms with van der Waals surface area (Å²) >= 11 is -4.19. The molecule has 34 heavy (non-hydrogen) atoms. The van der Waals surface area contributed by atoms with E-state index in [1.807, 2.05) is 0 Å². The third-order valence-corrected chi connectivity index (χ3v) is 22.3. The Morgan fingerprint density at radius 3 is 0.794 bits per heavy atom. The molecule has 0 heterocycles. The van der Waals surface area contributed by atoms with Gasteiger partial charge < -0.3 is 0 Å². The maximum atomic E-state index is 2.40. The van der Waals surface area contributed by atoms with Crippen LogP contribution in [0.15, 0.2) is 146 Å². The van der Waals surface area contributed by atoms with E-state index in [0.29, 0.717) is 0 Å². The first kappa shape index (κ1) is 23.4. The molecular weight excluding hydrogens is 622 g/mol. The molecular formula is C32H28Sn2. The summed E-state index contributed by atoms with van der Waals surface area (Å²) in [6, 6.07) is 54.4. The van der Waals surface area contributed by atoms with Crippen molar-refractivity contribution >= 4 is 53.8 Å². The van der Waals surface area contributed by atoms with Crippen LogP contribution in [0.4, 0.5) is 0 Å². The van der Waals surface area contributed by atoms with E-state index in [-0.39, 0.29) is 0 Å². The zero-order valence-corrected chi connectivity index (χ0v) is 25.0. The fourth-order valence-corrected chi connectivity index (χ4v) is 19.7. The molecule has 5 aromatic carbocycles. The number of hydrogen-bond acceptors (Lipinski definition) is 0. The molecule has 0 spiro atoms. The zero-order valence-electron chi connectivity index (χ0n) is 19.3. The van der Waals surface area contributed by atoms with Gasteiger partial charge in [0.25, 0.3) is 0 Å². The van der Waals surface area contributed by atoms with Crippen LogP contribution < -0.4 is 14.3 Å². The Morgan fingerprint density at radius 2 is 0.529 bits per heavy atom. The number of hydrogen-bond donors (Lipinski definition) is 0. The molecule has 164 valence electrons. The van der Waals surface area contributed by atoms with Crippen molar-refractivity contribution in [3.8, 4) is 0 Å². The Hall–Kier alpha value is -2.30. The van der Waals surface area contributed by atoms with Crippen molar-refractivity contribution < 1.29 is 0 Å². The van der Waals surface area contributed by atoms with Crippen LogP contribution in [0.1, 0.15) is 11.1 Å². The second-order valence-electron chi connectivity index (χ2n) is 8.54. The van der Waals surface area contributed by atoms with Gasteiger partial charge in [0.2, 0.25) is 0 Å².